The smallest absolute Gasteiger partial charge is 0.262 e. The first-order valence-corrected chi connectivity index (χ1v) is 13.8. The fraction of sp³-hybridized carbons (Fsp3) is 0.464. The second-order valence-corrected chi connectivity index (χ2v) is 10.1. The number of ether oxygens (including phenoxy) is 5. The monoisotopic (exact) mass is 566 g/mol. The van der Waals surface area contributed by atoms with Gasteiger partial charge in [0.25, 0.3) is 5.88 Å². The van der Waals surface area contributed by atoms with Crippen molar-refractivity contribution >= 4 is 34.0 Å². The van der Waals surface area contributed by atoms with Crippen molar-refractivity contribution in [2.75, 3.05) is 51.5 Å². The minimum absolute atomic E-state index is 0.00377. The quantitative estimate of drug-likeness (QED) is 0.419. The van der Waals surface area contributed by atoms with Crippen LogP contribution in [0.1, 0.15) is 26.7 Å². The van der Waals surface area contributed by atoms with Crippen LogP contribution in [0.3, 0.4) is 0 Å². The molecule has 5 heterocycles. The van der Waals surface area contributed by atoms with E-state index in [4.69, 9.17) is 35.3 Å². The van der Waals surface area contributed by atoms with Gasteiger partial charge in [-0.25, -0.2) is 15.0 Å². The van der Waals surface area contributed by atoms with Crippen molar-refractivity contribution in [3.63, 3.8) is 0 Å². The van der Waals surface area contributed by atoms with E-state index in [1.54, 1.807) is 0 Å². The van der Waals surface area contributed by atoms with Crippen LogP contribution in [0.25, 0.3) is 10.9 Å². The van der Waals surface area contributed by atoms with Crippen molar-refractivity contribution in [2.24, 2.45) is 0 Å². The molecule has 2 aromatic heterocycles. The zero-order valence-corrected chi connectivity index (χ0v) is 23.2. The summed E-state index contributed by atoms with van der Waals surface area (Å²) < 4.78 is 29.6. The highest BCUT2D eigenvalue weighted by atomic mass is 35.5. The summed E-state index contributed by atoms with van der Waals surface area (Å²) in [5.74, 6) is 5.59. The molecular formula is C28H31ClN6O5. The van der Waals surface area contributed by atoms with Gasteiger partial charge in [-0.05, 0) is 13.8 Å². The lowest BCUT2D eigenvalue weighted by Crippen LogP contribution is -2.49. The largest absolute Gasteiger partial charge is 0.489 e. The summed E-state index contributed by atoms with van der Waals surface area (Å²) in [6.07, 6.45) is 4.45. The van der Waals surface area contributed by atoms with E-state index in [-0.39, 0.29) is 19.1 Å². The van der Waals surface area contributed by atoms with Crippen molar-refractivity contribution in [3.8, 4) is 35.1 Å². The molecule has 3 aliphatic rings. The van der Waals surface area contributed by atoms with Gasteiger partial charge in [0, 0.05) is 57.2 Å². The third-order valence-corrected chi connectivity index (χ3v) is 7.43. The maximum atomic E-state index is 6.56. The maximum absolute atomic E-state index is 6.56. The molecule has 1 N–H and O–H groups in total. The van der Waals surface area contributed by atoms with E-state index in [2.05, 4.69) is 49.0 Å². The standard InChI is InChI=1S/C28H31ClN6O5/c1-3-6-34-7-9-35(10-8-34)18(2)39-20-13-22-24(23(14-20)40-19-4-11-36-12-5-19)27(32-16-31-22)33-25-21(29)15-30-28-26(25)37-17-38-28/h13-16,18-19H,4-5,7-12,17H2,1-2H3,(H,30,31,32,33). The summed E-state index contributed by atoms with van der Waals surface area (Å²) in [6.45, 7) is 8.80. The Balaban J connectivity index is 1.32. The number of nitrogens with one attached hydrogen (secondary N) is 1. The molecule has 0 aliphatic carbocycles. The molecule has 210 valence electrons. The number of pyridine rings is 1. The molecule has 11 nitrogen and oxygen atoms in total. The average Bonchev–Trinajstić information content (AvgIpc) is 3.45. The highest BCUT2D eigenvalue weighted by Gasteiger charge is 2.26. The molecule has 0 bridgehead atoms. The predicted octanol–water partition coefficient (Wildman–Crippen LogP) is 4.03. The van der Waals surface area contributed by atoms with Crippen LogP contribution >= 0.6 is 11.6 Å². The number of piperazine rings is 1. The fourth-order valence-electron chi connectivity index (χ4n) is 5.06. The fourth-order valence-corrected chi connectivity index (χ4v) is 5.24. The van der Waals surface area contributed by atoms with Gasteiger partial charge in [-0.3, -0.25) is 4.90 Å². The zero-order valence-electron chi connectivity index (χ0n) is 22.5. The lowest BCUT2D eigenvalue weighted by atomic mass is 10.1. The van der Waals surface area contributed by atoms with Crippen LogP contribution in [0.15, 0.2) is 24.7 Å². The summed E-state index contributed by atoms with van der Waals surface area (Å²) in [7, 11) is 0. The van der Waals surface area contributed by atoms with E-state index < -0.39 is 0 Å². The van der Waals surface area contributed by atoms with Crippen molar-refractivity contribution in [1.82, 2.24) is 24.8 Å². The number of hydrogen-bond acceptors (Lipinski definition) is 11. The Labute approximate surface area is 237 Å². The SMILES string of the molecule is CC#CN1CCN(C(C)Oc2cc(OC3CCOCC3)c3c(Nc4c(Cl)cnc5c4OCO5)ncnc3c2)CC1. The maximum Gasteiger partial charge on any atom is 0.262 e. The molecule has 2 fully saturated rings. The summed E-state index contributed by atoms with van der Waals surface area (Å²) in [4.78, 5) is 17.8. The van der Waals surface area contributed by atoms with Crippen LogP contribution in [0, 0.1) is 12.0 Å². The highest BCUT2D eigenvalue weighted by Crippen LogP contribution is 2.44. The van der Waals surface area contributed by atoms with E-state index >= 15 is 0 Å². The molecule has 1 atom stereocenters. The molecule has 1 unspecified atom stereocenters. The van der Waals surface area contributed by atoms with E-state index in [0.717, 1.165) is 39.0 Å². The number of aromatic nitrogens is 3. The van der Waals surface area contributed by atoms with Gasteiger partial charge in [0.05, 0.1) is 35.3 Å². The van der Waals surface area contributed by atoms with Crippen molar-refractivity contribution < 1.29 is 23.7 Å². The van der Waals surface area contributed by atoms with Crippen LogP contribution in [0.5, 0.6) is 23.1 Å². The van der Waals surface area contributed by atoms with Crippen molar-refractivity contribution in [3.05, 3.63) is 29.7 Å². The Kier molecular flexibility index (Phi) is 7.82. The number of hydrogen-bond donors (Lipinski definition) is 1. The molecule has 2 saturated heterocycles. The third-order valence-electron chi connectivity index (χ3n) is 7.14. The zero-order chi connectivity index (χ0) is 27.5. The molecule has 0 saturated carbocycles. The number of fused-ring (bicyclic) bond motifs is 2. The van der Waals surface area contributed by atoms with Gasteiger partial charge in [-0.15, -0.1) is 0 Å². The first-order valence-electron chi connectivity index (χ1n) is 13.4. The summed E-state index contributed by atoms with van der Waals surface area (Å²) in [5, 5.41) is 4.41. The topological polar surface area (TPSA) is 103 Å². The molecule has 40 heavy (non-hydrogen) atoms. The molecule has 3 aromatic rings. The number of nitrogens with zero attached hydrogens (tertiary/aromatic N) is 5. The lowest BCUT2D eigenvalue weighted by Gasteiger charge is -2.36. The average molecular weight is 567 g/mol. The minimum Gasteiger partial charge on any atom is -0.489 e. The summed E-state index contributed by atoms with van der Waals surface area (Å²) >= 11 is 6.50. The van der Waals surface area contributed by atoms with Gasteiger partial charge < -0.3 is 33.9 Å². The molecular weight excluding hydrogens is 536 g/mol. The van der Waals surface area contributed by atoms with Gasteiger partial charge >= 0.3 is 0 Å². The van der Waals surface area contributed by atoms with Crippen LogP contribution in [-0.2, 0) is 4.74 Å². The van der Waals surface area contributed by atoms with Gasteiger partial charge in [0.1, 0.15) is 41.7 Å². The number of anilines is 2. The van der Waals surface area contributed by atoms with Crippen LogP contribution in [0.2, 0.25) is 5.02 Å². The van der Waals surface area contributed by atoms with E-state index in [1.165, 1.54) is 12.5 Å². The first kappa shape index (κ1) is 26.5. The first-order chi connectivity index (χ1) is 19.6. The molecule has 0 amide bonds. The van der Waals surface area contributed by atoms with Crippen LogP contribution in [-0.4, -0.2) is 83.3 Å². The summed E-state index contributed by atoms with van der Waals surface area (Å²) in [5.41, 5.74) is 1.19. The van der Waals surface area contributed by atoms with Crippen molar-refractivity contribution in [2.45, 2.75) is 39.0 Å². The predicted molar refractivity (Wildman–Crippen MR) is 149 cm³/mol. The van der Waals surface area contributed by atoms with E-state index in [0.29, 0.717) is 63.8 Å². The number of halogens is 1. The lowest BCUT2D eigenvalue weighted by molar-refractivity contribution is 0.0137. The van der Waals surface area contributed by atoms with Gasteiger partial charge in [-0.2, -0.15) is 0 Å². The second kappa shape index (κ2) is 11.8. The molecule has 1 aromatic carbocycles. The summed E-state index contributed by atoms with van der Waals surface area (Å²) in [6, 6.07) is 6.97. The minimum atomic E-state index is -0.139. The van der Waals surface area contributed by atoms with Crippen LogP contribution < -0.4 is 24.3 Å². The Bertz CT molecular complexity index is 1430. The Morgan fingerprint density at radius 2 is 1.93 bits per heavy atom. The van der Waals surface area contributed by atoms with E-state index in [9.17, 15) is 0 Å². The molecule has 12 heteroatoms. The molecule has 0 radical (unpaired) electrons. The van der Waals surface area contributed by atoms with Crippen molar-refractivity contribution in [1.29, 1.82) is 0 Å². The van der Waals surface area contributed by atoms with Gasteiger partial charge in [0.2, 0.25) is 12.5 Å². The number of rotatable bonds is 7. The third kappa shape index (κ3) is 5.61. The normalized spacial score (nSPS) is 18.2. The highest BCUT2D eigenvalue weighted by molar-refractivity contribution is 6.33. The number of benzene rings is 1. The Morgan fingerprint density at radius 1 is 1.10 bits per heavy atom. The van der Waals surface area contributed by atoms with Crippen LogP contribution in [0.4, 0.5) is 11.5 Å². The molecule has 6 rings (SSSR count). The molecule has 3 aliphatic heterocycles. The Morgan fingerprint density at radius 3 is 2.73 bits per heavy atom. The van der Waals surface area contributed by atoms with Gasteiger partial charge in [0.15, 0.2) is 0 Å². The molecule has 0 spiro atoms. The second-order valence-electron chi connectivity index (χ2n) is 9.72. The van der Waals surface area contributed by atoms with Gasteiger partial charge in [-0.1, -0.05) is 17.5 Å². The Hall–Kier alpha value is -3.72. The van der Waals surface area contributed by atoms with E-state index in [1.807, 2.05) is 19.1 Å².